The van der Waals surface area contributed by atoms with Crippen molar-refractivity contribution < 1.29 is 9.47 Å². The summed E-state index contributed by atoms with van der Waals surface area (Å²) in [6.45, 7) is 1.90. The summed E-state index contributed by atoms with van der Waals surface area (Å²) in [5.74, 6) is 1.21. The van der Waals surface area contributed by atoms with E-state index in [1.165, 1.54) is 7.11 Å². The first-order valence-electron chi connectivity index (χ1n) is 4.55. The van der Waals surface area contributed by atoms with Gasteiger partial charge in [0.15, 0.2) is 0 Å². The minimum Gasteiger partial charge on any atom is -0.497 e. The second-order valence-corrected chi connectivity index (χ2v) is 2.91. The predicted octanol–water partition coefficient (Wildman–Crippen LogP) is 2.61. The highest BCUT2D eigenvalue weighted by Gasteiger charge is 2.09. The third kappa shape index (κ3) is 2.29. The van der Waals surface area contributed by atoms with Crippen molar-refractivity contribution in [3.63, 3.8) is 0 Å². The van der Waals surface area contributed by atoms with Gasteiger partial charge < -0.3 is 9.47 Å². The Kier molecular flexibility index (Phi) is 3.75. The lowest BCUT2D eigenvalue weighted by molar-refractivity contribution is 0.393. The Bertz CT molecular complexity index is 416. The molecule has 0 aromatic heterocycles. The summed E-state index contributed by atoms with van der Waals surface area (Å²) < 4.78 is 10.2. The summed E-state index contributed by atoms with van der Waals surface area (Å²) >= 11 is 0. The van der Waals surface area contributed by atoms with Crippen LogP contribution in [0.4, 0.5) is 0 Å². The first kappa shape index (κ1) is 11.1. The van der Waals surface area contributed by atoms with Crippen molar-refractivity contribution in [3.8, 4) is 17.6 Å². The molecule has 0 amide bonds. The lowest BCUT2D eigenvalue weighted by Crippen LogP contribution is -1.93. The second kappa shape index (κ2) is 5.06. The molecule has 1 aromatic rings. The molecule has 0 aliphatic heterocycles. The van der Waals surface area contributed by atoms with Gasteiger partial charge in [0.05, 0.1) is 14.2 Å². The van der Waals surface area contributed by atoms with Crippen molar-refractivity contribution in [1.29, 1.82) is 5.26 Å². The van der Waals surface area contributed by atoms with Crippen LogP contribution in [0.5, 0.6) is 11.5 Å². The number of rotatable bonds is 3. The van der Waals surface area contributed by atoms with E-state index in [1.807, 2.05) is 19.1 Å². The minimum atomic E-state index is 0.524. The Morgan fingerprint density at radius 2 is 2.00 bits per heavy atom. The van der Waals surface area contributed by atoms with Crippen molar-refractivity contribution in [2.45, 2.75) is 6.92 Å². The lowest BCUT2D eigenvalue weighted by Gasteiger charge is -2.08. The minimum absolute atomic E-state index is 0.524. The quantitative estimate of drug-likeness (QED) is 0.758. The maximum Gasteiger partial charge on any atom is 0.140 e. The standard InChI is InChI=1S/C12H13NO2/c1-4-5-9-6-10(14-2)7-12(15-3)11(9)8-13/h4-7H,1-3H3. The Balaban J connectivity index is 3.40. The largest absolute Gasteiger partial charge is 0.497 e. The first-order valence-corrected chi connectivity index (χ1v) is 4.55. The van der Waals surface area contributed by atoms with Crippen LogP contribution in [0.1, 0.15) is 18.1 Å². The summed E-state index contributed by atoms with van der Waals surface area (Å²) in [7, 11) is 3.12. The number of hydrogen-bond acceptors (Lipinski definition) is 3. The fraction of sp³-hybridized carbons (Fsp3) is 0.250. The van der Waals surface area contributed by atoms with Crippen molar-refractivity contribution in [2.24, 2.45) is 0 Å². The molecular formula is C12H13NO2. The van der Waals surface area contributed by atoms with Crippen LogP contribution >= 0.6 is 0 Å². The summed E-state index contributed by atoms with van der Waals surface area (Å²) in [5.41, 5.74) is 1.33. The van der Waals surface area contributed by atoms with E-state index in [0.29, 0.717) is 17.1 Å². The number of allylic oxidation sites excluding steroid dienone is 1. The molecule has 3 nitrogen and oxygen atoms in total. The third-order valence-corrected chi connectivity index (χ3v) is 2.02. The number of methoxy groups -OCH3 is 2. The predicted molar refractivity (Wildman–Crippen MR) is 59.0 cm³/mol. The fourth-order valence-electron chi connectivity index (χ4n) is 1.32. The summed E-state index contributed by atoms with van der Waals surface area (Å²) in [5, 5.41) is 9.02. The van der Waals surface area contributed by atoms with Gasteiger partial charge in [0.2, 0.25) is 0 Å². The van der Waals surface area contributed by atoms with Crippen LogP contribution in [0.2, 0.25) is 0 Å². The van der Waals surface area contributed by atoms with Gasteiger partial charge in [-0.25, -0.2) is 0 Å². The van der Waals surface area contributed by atoms with Crippen LogP contribution < -0.4 is 9.47 Å². The Morgan fingerprint density at radius 3 is 2.47 bits per heavy atom. The summed E-state index contributed by atoms with van der Waals surface area (Å²) in [6.07, 6.45) is 3.72. The normalized spacial score (nSPS) is 10.0. The molecule has 0 spiro atoms. The molecule has 0 aliphatic rings. The highest BCUT2D eigenvalue weighted by Crippen LogP contribution is 2.28. The molecule has 0 bridgehead atoms. The molecule has 1 aromatic carbocycles. The SMILES string of the molecule is CC=Cc1cc(OC)cc(OC)c1C#N. The molecule has 0 atom stereocenters. The molecule has 78 valence electrons. The zero-order valence-corrected chi connectivity index (χ0v) is 9.07. The molecule has 3 heteroatoms. The van der Waals surface area contributed by atoms with E-state index in [1.54, 1.807) is 19.2 Å². The zero-order chi connectivity index (χ0) is 11.3. The highest BCUT2D eigenvalue weighted by molar-refractivity contribution is 5.65. The van der Waals surface area contributed by atoms with Gasteiger partial charge in [-0.3, -0.25) is 0 Å². The maximum atomic E-state index is 9.02. The number of nitrogens with zero attached hydrogens (tertiary/aromatic N) is 1. The van der Waals surface area contributed by atoms with Gasteiger partial charge in [-0.1, -0.05) is 12.2 Å². The average molecular weight is 203 g/mol. The van der Waals surface area contributed by atoms with E-state index in [0.717, 1.165) is 5.56 Å². The Hall–Kier alpha value is -1.95. The van der Waals surface area contributed by atoms with Crippen LogP contribution in [0.3, 0.4) is 0 Å². The average Bonchev–Trinajstić information content (AvgIpc) is 2.28. The number of ether oxygens (including phenoxy) is 2. The van der Waals surface area contributed by atoms with Crippen LogP contribution in [-0.2, 0) is 0 Å². The van der Waals surface area contributed by atoms with Crippen molar-refractivity contribution in [2.75, 3.05) is 14.2 Å². The smallest absolute Gasteiger partial charge is 0.140 e. The van der Waals surface area contributed by atoms with E-state index in [4.69, 9.17) is 14.7 Å². The lowest BCUT2D eigenvalue weighted by atomic mass is 10.1. The molecule has 0 heterocycles. The van der Waals surface area contributed by atoms with Crippen molar-refractivity contribution >= 4 is 6.08 Å². The first-order chi connectivity index (χ1) is 7.26. The van der Waals surface area contributed by atoms with Crippen LogP contribution in [-0.4, -0.2) is 14.2 Å². The highest BCUT2D eigenvalue weighted by atomic mass is 16.5. The van der Waals surface area contributed by atoms with Crippen molar-refractivity contribution in [3.05, 3.63) is 29.3 Å². The molecule has 0 N–H and O–H groups in total. The number of nitriles is 1. The number of hydrogen-bond donors (Lipinski definition) is 0. The van der Waals surface area contributed by atoms with E-state index >= 15 is 0 Å². The van der Waals surface area contributed by atoms with Gasteiger partial charge in [-0.15, -0.1) is 0 Å². The molecule has 0 unspecified atom stereocenters. The van der Waals surface area contributed by atoms with E-state index in [9.17, 15) is 0 Å². The van der Waals surface area contributed by atoms with Crippen LogP contribution in [0.25, 0.3) is 6.08 Å². The molecule has 0 aliphatic carbocycles. The fourth-order valence-corrected chi connectivity index (χ4v) is 1.32. The summed E-state index contributed by atoms with van der Waals surface area (Å²) in [4.78, 5) is 0. The monoisotopic (exact) mass is 203 g/mol. The van der Waals surface area contributed by atoms with Gasteiger partial charge in [0, 0.05) is 6.07 Å². The second-order valence-electron chi connectivity index (χ2n) is 2.91. The molecule has 1 rings (SSSR count). The molecule has 0 radical (unpaired) electrons. The van der Waals surface area contributed by atoms with Crippen LogP contribution in [0.15, 0.2) is 18.2 Å². The molecule has 15 heavy (non-hydrogen) atoms. The third-order valence-electron chi connectivity index (χ3n) is 2.02. The van der Waals surface area contributed by atoms with Gasteiger partial charge in [-0.2, -0.15) is 5.26 Å². The molecular weight excluding hydrogens is 190 g/mol. The summed E-state index contributed by atoms with van der Waals surface area (Å²) in [6, 6.07) is 5.63. The molecule has 0 saturated heterocycles. The van der Waals surface area contributed by atoms with Gasteiger partial charge in [-0.05, 0) is 18.6 Å². The van der Waals surface area contributed by atoms with Gasteiger partial charge >= 0.3 is 0 Å². The van der Waals surface area contributed by atoms with E-state index in [2.05, 4.69) is 6.07 Å². The molecule has 0 saturated carbocycles. The topological polar surface area (TPSA) is 42.2 Å². The van der Waals surface area contributed by atoms with Crippen LogP contribution in [0, 0.1) is 11.3 Å². The Morgan fingerprint density at radius 1 is 1.27 bits per heavy atom. The van der Waals surface area contributed by atoms with Crippen molar-refractivity contribution in [1.82, 2.24) is 0 Å². The molecule has 0 fully saturated rings. The Labute approximate surface area is 89.6 Å². The van der Waals surface area contributed by atoms with Gasteiger partial charge in [0.25, 0.3) is 0 Å². The zero-order valence-electron chi connectivity index (χ0n) is 9.07. The maximum absolute atomic E-state index is 9.02. The van der Waals surface area contributed by atoms with E-state index < -0.39 is 0 Å². The van der Waals surface area contributed by atoms with Gasteiger partial charge in [0.1, 0.15) is 23.1 Å². The number of benzene rings is 1. The van der Waals surface area contributed by atoms with E-state index in [-0.39, 0.29) is 0 Å².